The molecule has 0 aliphatic carbocycles. The van der Waals surface area contributed by atoms with Crippen LogP contribution in [0.1, 0.15) is 18.3 Å². The molecule has 2 heterocycles. The Bertz CT molecular complexity index is 327. The molecule has 0 amide bonds. The number of nitrogens with zero attached hydrogens (tertiary/aromatic N) is 3. The van der Waals surface area contributed by atoms with Gasteiger partial charge in [-0.05, 0) is 12.7 Å². The normalized spacial score (nSPS) is 27.1. The topological polar surface area (TPSA) is 63.0 Å². The van der Waals surface area contributed by atoms with Crippen LogP contribution in [-0.4, -0.2) is 38.8 Å². The van der Waals surface area contributed by atoms with Crippen molar-refractivity contribution in [3.63, 3.8) is 0 Å². The maximum atomic E-state index is 9.39. The Hall–Kier alpha value is -0.590. The number of hydrogen-bond acceptors (Lipinski definition) is 5. The highest BCUT2D eigenvalue weighted by atomic mass is 32.2. The van der Waals surface area contributed by atoms with Crippen molar-refractivity contribution >= 4 is 11.8 Å². The van der Waals surface area contributed by atoms with Crippen molar-refractivity contribution in [3.8, 4) is 0 Å². The van der Waals surface area contributed by atoms with Crippen molar-refractivity contribution in [1.29, 1.82) is 0 Å². The van der Waals surface area contributed by atoms with Gasteiger partial charge >= 0.3 is 0 Å². The van der Waals surface area contributed by atoms with Gasteiger partial charge in [-0.3, -0.25) is 0 Å². The molecule has 2 atom stereocenters. The summed E-state index contributed by atoms with van der Waals surface area (Å²) < 4.78 is 1.97. The summed E-state index contributed by atoms with van der Waals surface area (Å²) in [4.78, 5) is 0. The first-order valence-corrected chi connectivity index (χ1v) is 5.79. The summed E-state index contributed by atoms with van der Waals surface area (Å²) in [7, 11) is 1.95. The van der Waals surface area contributed by atoms with E-state index in [4.69, 9.17) is 0 Å². The number of hydrogen-bond donors (Lipinski definition) is 2. The van der Waals surface area contributed by atoms with Crippen molar-refractivity contribution < 1.29 is 5.11 Å². The lowest BCUT2D eigenvalue weighted by Gasteiger charge is -2.08. The zero-order valence-electron chi connectivity index (χ0n) is 8.27. The first-order valence-electron chi connectivity index (χ1n) is 4.57. The minimum Gasteiger partial charge on any atom is -0.392 e. The monoisotopic (exact) mass is 214 g/mol. The molecule has 2 rings (SSSR count). The van der Waals surface area contributed by atoms with Crippen LogP contribution in [0.25, 0.3) is 0 Å². The first kappa shape index (κ1) is 9.95. The summed E-state index contributed by atoms with van der Waals surface area (Å²) in [6.45, 7) is 0.645. The Morgan fingerprint density at radius 1 is 1.57 bits per heavy atom. The first-order chi connectivity index (χ1) is 6.72. The number of aliphatic hydroxyl groups excluding tert-OH is 1. The van der Waals surface area contributed by atoms with Gasteiger partial charge in [0.1, 0.15) is 0 Å². The lowest BCUT2D eigenvalue weighted by molar-refractivity contribution is 0.192. The van der Waals surface area contributed by atoms with Crippen LogP contribution < -0.4 is 5.32 Å². The number of aliphatic hydroxyl groups is 1. The molecule has 1 saturated heterocycles. The Morgan fingerprint density at radius 2 is 2.36 bits per heavy atom. The van der Waals surface area contributed by atoms with E-state index in [1.54, 1.807) is 11.8 Å². The lowest BCUT2D eigenvalue weighted by Crippen LogP contribution is -2.17. The molecule has 1 aromatic heterocycles. The highest BCUT2D eigenvalue weighted by molar-refractivity contribution is 7.98. The van der Waals surface area contributed by atoms with Crippen molar-refractivity contribution in [2.45, 2.75) is 23.7 Å². The van der Waals surface area contributed by atoms with Crippen LogP contribution in [0.2, 0.25) is 0 Å². The van der Waals surface area contributed by atoms with Crippen LogP contribution in [0.5, 0.6) is 0 Å². The molecular formula is C8H14N4OS. The molecule has 0 saturated carbocycles. The molecule has 1 aromatic rings. The molecule has 1 aliphatic heterocycles. The summed E-state index contributed by atoms with van der Waals surface area (Å²) in [5.41, 5.74) is 0. The molecule has 0 bridgehead atoms. The molecular weight excluding hydrogens is 200 g/mol. The minimum absolute atomic E-state index is 0.142. The van der Waals surface area contributed by atoms with Gasteiger partial charge in [-0.25, -0.2) is 0 Å². The van der Waals surface area contributed by atoms with Gasteiger partial charge in [0.05, 0.1) is 12.1 Å². The quantitative estimate of drug-likeness (QED) is 0.675. The Labute approximate surface area is 86.9 Å². The Morgan fingerprint density at radius 3 is 2.86 bits per heavy atom. The number of aromatic nitrogens is 3. The molecule has 2 N–H and O–H groups in total. The third-order valence-electron chi connectivity index (χ3n) is 2.47. The van der Waals surface area contributed by atoms with Gasteiger partial charge in [0, 0.05) is 13.6 Å². The van der Waals surface area contributed by atoms with Gasteiger partial charge in [0.15, 0.2) is 11.0 Å². The maximum absolute atomic E-state index is 9.39. The van der Waals surface area contributed by atoms with E-state index in [1.165, 1.54) is 0 Å². The molecule has 14 heavy (non-hydrogen) atoms. The van der Waals surface area contributed by atoms with E-state index in [0.717, 1.165) is 17.4 Å². The van der Waals surface area contributed by atoms with E-state index < -0.39 is 0 Å². The standard InChI is InChI=1S/C8H14N4OS/c1-12-7(10-11-8(12)14-2)6-3-5(13)4-9-6/h5-6,9,13H,3-4H2,1-2H3/t5-,6-/m0/s1. The largest absolute Gasteiger partial charge is 0.392 e. The molecule has 0 radical (unpaired) electrons. The summed E-state index contributed by atoms with van der Waals surface area (Å²) >= 11 is 1.57. The minimum atomic E-state index is -0.255. The van der Waals surface area contributed by atoms with Crippen LogP contribution >= 0.6 is 11.8 Å². The molecule has 0 aromatic carbocycles. The van der Waals surface area contributed by atoms with Crippen molar-refractivity contribution in [1.82, 2.24) is 20.1 Å². The fraction of sp³-hybridized carbons (Fsp3) is 0.750. The lowest BCUT2D eigenvalue weighted by atomic mass is 10.2. The van der Waals surface area contributed by atoms with Gasteiger partial charge in [-0.15, -0.1) is 10.2 Å². The predicted molar refractivity (Wildman–Crippen MR) is 54.2 cm³/mol. The van der Waals surface area contributed by atoms with E-state index in [2.05, 4.69) is 15.5 Å². The number of rotatable bonds is 2. The van der Waals surface area contributed by atoms with Crippen LogP contribution in [0.3, 0.4) is 0 Å². The van der Waals surface area contributed by atoms with Crippen molar-refractivity contribution in [2.75, 3.05) is 12.8 Å². The van der Waals surface area contributed by atoms with Crippen LogP contribution in [-0.2, 0) is 7.05 Å². The number of β-amino-alcohol motifs (C(OH)–C–C–N with tert-alkyl or cyclic N) is 1. The third kappa shape index (κ3) is 1.65. The zero-order valence-corrected chi connectivity index (χ0v) is 9.08. The second-order valence-corrected chi connectivity index (χ2v) is 4.23. The molecule has 1 fully saturated rings. The van der Waals surface area contributed by atoms with E-state index >= 15 is 0 Å². The van der Waals surface area contributed by atoms with E-state index in [9.17, 15) is 5.11 Å². The van der Waals surface area contributed by atoms with E-state index in [1.807, 2.05) is 17.9 Å². The molecule has 1 aliphatic rings. The Balaban J connectivity index is 2.20. The van der Waals surface area contributed by atoms with Crippen LogP contribution in [0, 0.1) is 0 Å². The smallest absolute Gasteiger partial charge is 0.190 e. The average Bonchev–Trinajstić information content (AvgIpc) is 2.72. The Kier molecular flexibility index (Phi) is 2.76. The third-order valence-corrected chi connectivity index (χ3v) is 3.19. The van der Waals surface area contributed by atoms with Gasteiger partial charge in [0.25, 0.3) is 0 Å². The average molecular weight is 214 g/mol. The highest BCUT2D eigenvalue weighted by Crippen LogP contribution is 2.23. The highest BCUT2D eigenvalue weighted by Gasteiger charge is 2.27. The summed E-state index contributed by atoms with van der Waals surface area (Å²) in [5.74, 6) is 0.908. The van der Waals surface area contributed by atoms with E-state index in [0.29, 0.717) is 6.54 Å². The van der Waals surface area contributed by atoms with Crippen molar-refractivity contribution in [2.24, 2.45) is 7.05 Å². The van der Waals surface area contributed by atoms with Crippen molar-refractivity contribution in [3.05, 3.63) is 5.82 Å². The second kappa shape index (κ2) is 3.88. The summed E-state index contributed by atoms with van der Waals surface area (Å²) in [5, 5.41) is 21.7. The molecule has 6 heteroatoms. The summed E-state index contributed by atoms with van der Waals surface area (Å²) in [6.07, 6.45) is 2.44. The molecule has 0 unspecified atom stereocenters. The molecule has 5 nitrogen and oxygen atoms in total. The van der Waals surface area contributed by atoms with Crippen LogP contribution in [0.4, 0.5) is 0 Å². The predicted octanol–water partition coefficient (Wildman–Crippen LogP) is -0.0677. The van der Waals surface area contributed by atoms with Crippen LogP contribution in [0.15, 0.2) is 5.16 Å². The molecule has 78 valence electrons. The van der Waals surface area contributed by atoms with Gasteiger partial charge in [-0.2, -0.15) is 0 Å². The fourth-order valence-electron chi connectivity index (χ4n) is 1.72. The zero-order chi connectivity index (χ0) is 10.1. The SMILES string of the molecule is CSc1nnc([C@@H]2C[C@H](O)CN2)n1C. The molecule has 0 spiro atoms. The maximum Gasteiger partial charge on any atom is 0.190 e. The number of thioether (sulfide) groups is 1. The van der Waals surface area contributed by atoms with E-state index in [-0.39, 0.29) is 12.1 Å². The number of nitrogens with one attached hydrogen (secondary N) is 1. The van der Waals surface area contributed by atoms with Gasteiger partial charge in [-0.1, -0.05) is 11.8 Å². The fourth-order valence-corrected chi connectivity index (χ4v) is 2.21. The van der Waals surface area contributed by atoms with Gasteiger partial charge < -0.3 is 15.0 Å². The summed E-state index contributed by atoms with van der Waals surface area (Å²) in [6, 6.07) is 0.142. The van der Waals surface area contributed by atoms with Gasteiger partial charge in [0.2, 0.25) is 0 Å². The second-order valence-electron chi connectivity index (χ2n) is 3.45.